The lowest BCUT2D eigenvalue weighted by Crippen LogP contribution is -2.10. The first kappa shape index (κ1) is 11.8. The molecule has 0 saturated carbocycles. The Bertz CT molecular complexity index is 500. The molecule has 0 unspecified atom stereocenters. The number of anilines is 1. The van der Waals surface area contributed by atoms with Gasteiger partial charge in [0.15, 0.2) is 5.82 Å². The third-order valence-electron chi connectivity index (χ3n) is 2.25. The number of aromatic nitrogens is 4. The summed E-state index contributed by atoms with van der Waals surface area (Å²) in [6.45, 7) is 4.33. The average molecular weight is 254 g/mol. The van der Waals surface area contributed by atoms with E-state index in [0.29, 0.717) is 29.8 Å². The minimum absolute atomic E-state index is 0.472. The Morgan fingerprint density at radius 3 is 2.88 bits per heavy atom. The van der Waals surface area contributed by atoms with Crippen LogP contribution in [0.5, 0.6) is 0 Å². The van der Waals surface area contributed by atoms with Gasteiger partial charge in [0.25, 0.3) is 0 Å². The first-order valence-electron chi connectivity index (χ1n) is 5.16. The zero-order chi connectivity index (χ0) is 12.3. The van der Waals surface area contributed by atoms with Gasteiger partial charge < -0.3 is 9.84 Å². The minimum Gasteiger partial charge on any atom is -0.369 e. The van der Waals surface area contributed by atoms with Gasteiger partial charge in [0.05, 0.1) is 0 Å². The summed E-state index contributed by atoms with van der Waals surface area (Å²) in [5, 5.41) is 7.37. The standard InChI is InChI=1S/C10H12ClN5O/c1-6-9(11)14-7(2)15-10(6)12-4-3-8-13-5-17-16-8/h5H,3-4H2,1-2H3,(H,12,14,15). The van der Waals surface area contributed by atoms with Crippen LogP contribution in [0.25, 0.3) is 0 Å². The van der Waals surface area contributed by atoms with Crippen molar-refractivity contribution in [2.24, 2.45) is 0 Å². The van der Waals surface area contributed by atoms with Crippen molar-refractivity contribution >= 4 is 17.4 Å². The number of nitrogens with one attached hydrogen (secondary N) is 1. The van der Waals surface area contributed by atoms with Gasteiger partial charge >= 0.3 is 0 Å². The van der Waals surface area contributed by atoms with Crippen LogP contribution >= 0.6 is 11.6 Å². The Labute approximate surface area is 103 Å². The van der Waals surface area contributed by atoms with Gasteiger partial charge in [-0.05, 0) is 13.8 Å². The lowest BCUT2D eigenvalue weighted by atomic mass is 10.3. The van der Waals surface area contributed by atoms with Crippen LogP contribution < -0.4 is 5.32 Å². The van der Waals surface area contributed by atoms with E-state index >= 15 is 0 Å². The summed E-state index contributed by atoms with van der Waals surface area (Å²) < 4.78 is 4.64. The number of hydrogen-bond acceptors (Lipinski definition) is 6. The summed E-state index contributed by atoms with van der Waals surface area (Å²) >= 11 is 5.97. The highest BCUT2D eigenvalue weighted by Crippen LogP contribution is 2.19. The molecule has 0 spiro atoms. The van der Waals surface area contributed by atoms with E-state index in [-0.39, 0.29) is 0 Å². The number of hydrogen-bond donors (Lipinski definition) is 1. The highest BCUT2D eigenvalue weighted by Gasteiger charge is 2.07. The Balaban J connectivity index is 1.99. The Morgan fingerprint density at radius 2 is 2.18 bits per heavy atom. The topological polar surface area (TPSA) is 76.7 Å². The van der Waals surface area contributed by atoms with Crippen LogP contribution in [0.15, 0.2) is 10.9 Å². The maximum atomic E-state index is 5.97. The van der Waals surface area contributed by atoms with Crippen molar-refractivity contribution in [1.29, 1.82) is 0 Å². The molecule has 0 amide bonds. The second-order valence-corrected chi connectivity index (χ2v) is 3.92. The van der Waals surface area contributed by atoms with Crippen molar-refractivity contribution in [2.45, 2.75) is 20.3 Å². The number of aryl methyl sites for hydroxylation is 1. The second kappa shape index (κ2) is 5.09. The van der Waals surface area contributed by atoms with E-state index in [9.17, 15) is 0 Å². The average Bonchev–Trinajstić information content (AvgIpc) is 2.78. The first-order chi connectivity index (χ1) is 8.16. The van der Waals surface area contributed by atoms with E-state index in [1.165, 1.54) is 6.39 Å². The Hall–Kier alpha value is -1.69. The van der Waals surface area contributed by atoms with Crippen LogP contribution in [0.4, 0.5) is 5.82 Å². The maximum absolute atomic E-state index is 5.97. The van der Waals surface area contributed by atoms with Gasteiger partial charge in [-0.2, -0.15) is 4.98 Å². The summed E-state index contributed by atoms with van der Waals surface area (Å²) in [7, 11) is 0. The summed E-state index contributed by atoms with van der Waals surface area (Å²) in [4.78, 5) is 12.3. The third-order valence-corrected chi connectivity index (χ3v) is 2.61. The van der Waals surface area contributed by atoms with E-state index in [4.69, 9.17) is 11.6 Å². The predicted molar refractivity (Wildman–Crippen MR) is 63.0 cm³/mol. The fourth-order valence-corrected chi connectivity index (χ4v) is 1.57. The third kappa shape index (κ3) is 2.91. The molecule has 90 valence electrons. The van der Waals surface area contributed by atoms with Crippen LogP contribution in [0.2, 0.25) is 5.15 Å². The molecule has 6 nitrogen and oxygen atoms in total. The van der Waals surface area contributed by atoms with Gasteiger partial charge in [0.2, 0.25) is 6.39 Å². The van der Waals surface area contributed by atoms with Crippen molar-refractivity contribution in [3.63, 3.8) is 0 Å². The fraction of sp³-hybridized carbons (Fsp3) is 0.400. The summed E-state index contributed by atoms with van der Waals surface area (Å²) in [5.41, 5.74) is 0.838. The number of rotatable bonds is 4. The van der Waals surface area contributed by atoms with Gasteiger partial charge in [-0.1, -0.05) is 16.8 Å². The van der Waals surface area contributed by atoms with Gasteiger partial charge in [0.1, 0.15) is 16.8 Å². The van der Waals surface area contributed by atoms with Crippen LogP contribution in [0.3, 0.4) is 0 Å². The van der Waals surface area contributed by atoms with E-state index < -0.39 is 0 Å². The van der Waals surface area contributed by atoms with Gasteiger partial charge in [-0.3, -0.25) is 0 Å². The van der Waals surface area contributed by atoms with Crippen molar-refractivity contribution in [1.82, 2.24) is 20.1 Å². The van der Waals surface area contributed by atoms with Gasteiger partial charge in [-0.25, -0.2) is 9.97 Å². The summed E-state index contributed by atoms with van der Waals surface area (Å²) in [6.07, 6.45) is 1.98. The van der Waals surface area contributed by atoms with E-state index in [1.54, 1.807) is 6.92 Å². The van der Waals surface area contributed by atoms with Crippen LogP contribution in [-0.2, 0) is 6.42 Å². The molecule has 0 radical (unpaired) electrons. The Kier molecular flexibility index (Phi) is 3.53. The molecule has 2 rings (SSSR count). The van der Waals surface area contributed by atoms with Crippen molar-refractivity contribution in [3.05, 3.63) is 28.8 Å². The highest BCUT2D eigenvalue weighted by atomic mass is 35.5. The van der Waals surface area contributed by atoms with E-state index in [0.717, 1.165) is 11.4 Å². The van der Waals surface area contributed by atoms with E-state index in [1.807, 2.05) is 6.92 Å². The molecule has 2 aromatic rings. The number of nitrogens with zero attached hydrogens (tertiary/aromatic N) is 4. The molecular weight excluding hydrogens is 242 g/mol. The smallest absolute Gasteiger partial charge is 0.213 e. The molecule has 0 aliphatic heterocycles. The van der Waals surface area contributed by atoms with Gasteiger partial charge in [-0.15, -0.1) is 0 Å². The molecule has 17 heavy (non-hydrogen) atoms. The number of halogens is 1. The van der Waals surface area contributed by atoms with Crippen LogP contribution in [-0.4, -0.2) is 26.7 Å². The molecule has 0 saturated heterocycles. The molecular formula is C10H12ClN5O. The zero-order valence-corrected chi connectivity index (χ0v) is 10.3. The SMILES string of the molecule is Cc1nc(Cl)c(C)c(NCCc2ncon2)n1. The zero-order valence-electron chi connectivity index (χ0n) is 9.57. The van der Waals surface area contributed by atoms with Crippen molar-refractivity contribution < 1.29 is 4.52 Å². The highest BCUT2D eigenvalue weighted by molar-refractivity contribution is 6.30. The molecule has 0 bridgehead atoms. The monoisotopic (exact) mass is 253 g/mol. The normalized spacial score (nSPS) is 10.5. The minimum atomic E-state index is 0.472. The lowest BCUT2D eigenvalue weighted by molar-refractivity contribution is 0.410. The maximum Gasteiger partial charge on any atom is 0.213 e. The van der Waals surface area contributed by atoms with Crippen molar-refractivity contribution in [2.75, 3.05) is 11.9 Å². The quantitative estimate of drug-likeness (QED) is 0.837. The predicted octanol–water partition coefficient (Wildman–Crippen LogP) is 1.78. The van der Waals surface area contributed by atoms with E-state index in [2.05, 4.69) is 29.9 Å². The van der Waals surface area contributed by atoms with Crippen molar-refractivity contribution in [3.8, 4) is 0 Å². The molecule has 2 heterocycles. The molecule has 0 aliphatic carbocycles. The Morgan fingerprint density at radius 1 is 1.35 bits per heavy atom. The molecule has 7 heteroatoms. The van der Waals surface area contributed by atoms with Gasteiger partial charge in [0, 0.05) is 18.5 Å². The molecule has 0 atom stereocenters. The fourth-order valence-electron chi connectivity index (χ4n) is 1.36. The second-order valence-electron chi connectivity index (χ2n) is 3.56. The molecule has 1 N–H and O–H groups in total. The molecule has 0 aliphatic rings. The van der Waals surface area contributed by atoms with Crippen LogP contribution in [0, 0.1) is 13.8 Å². The largest absolute Gasteiger partial charge is 0.369 e. The first-order valence-corrected chi connectivity index (χ1v) is 5.54. The molecule has 0 aromatic carbocycles. The molecule has 2 aromatic heterocycles. The van der Waals surface area contributed by atoms with Crippen LogP contribution in [0.1, 0.15) is 17.2 Å². The summed E-state index contributed by atoms with van der Waals surface area (Å²) in [6, 6.07) is 0. The lowest BCUT2D eigenvalue weighted by Gasteiger charge is -2.09. The summed E-state index contributed by atoms with van der Waals surface area (Å²) in [5.74, 6) is 2.04. The molecule has 0 fully saturated rings.